The Morgan fingerprint density at radius 1 is 0.917 bits per heavy atom. The highest BCUT2D eigenvalue weighted by atomic mass is 28.4. The van der Waals surface area contributed by atoms with E-state index < -0.39 is 20.5 Å². The number of rotatable bonds is 15. The molecule has 6 heteroatoms. The lowest BCUT2D eigenvalue weighted by atomic mass is 10.1. The summed E-state index contributed by atoms with van der Waals surface area (Å²) in [5, 5.41) is 0. The Morgan fingerprint density at radius 2 is 1.42 bits per heavy atom. The lowest BCUT2D eigenvalue weighted by Gasteiger charge is -2.34. The third kappa shape index (κ3) is 8.42. The van der Waals surface area contributed by atoms with Crippen LogP contribution in [0, 0.1) is 0 Å². The third-order valence-corrected chi connectivity index (χ3v) is 6.87. The van der Waals surface area contributed by atoms with E-state index in [0.29, 0.717) is 31.8 Å². The van der Waals surface area contributed by atoms with Gasteiger partial charge in [0.1, 0.15) is 0 Å². The van der Waals surface area contributed by atoms with Gasteiger partial charge in [-0.1, -0.05) is 39.2 Å². The Hall–Kier alpha value is -0.693. The molecule has 0 aliphatic rings. The quantitative estimate of drug-likeness (QED) is 0.187. The Bertz CT molecular complexity index is 342. The SMILES string of the molecule is C=C(C)C(=O)OC(CCCCCCC)[Si](OCC)(OCC)OCC. The van der Waals surface area contributed by atoms with E-state index in [1.807, 2.05) is 20.8 Å². The van der Waals surface area contributed by atoms with Crippen molar-refractivity contribution in [2.75, 3.05) is 19.8 Å². The average Bonchev–Trinajstić information content (AvgIpc) is 2.53. The summed E-state index contributed by atoms with van der Waals surface area (Å²) in [4.78, 5) is 12.1. The normalized spacial score (nSPS) is 12.9. The smallest absolute Gasteiger partial charge is 0.454 e. The minimum atomic E-state index is -3.09. The number of carbonyl (C=O) groups excluding carboxylic acids is 1. The van der Waals surface area contributed by atoms with Gasteiger partial charge in [-0.25, -0.2) is 4.79 Å². The number of carbonyl (C=O) groups is 1. The van der Waals surface area contributed by atoms with Crippen LogP contribution in [0.15, 0.2) is 12.2 Å². The van der Waals surface area contributed by atoms with E-state index in [9.17, 15) is 4.79 Å². The van der Waals surface area contributed by atoms with E-state index in [0.717, 1.165) is 12.8 Å². The van der Waals surface area contributed by atoms with Gasteiger partial charge in [0.2, 0.25) is 0 Å². The predicted molar refractivity (Wildman–Crippen MR) is 98.7 cm³/mol. The summed E-state index contributed by atoms with van der Waals surface area (Å²) in [5.41, 5.74) is -0.110. The van der Waals surface area contributed by atoms with Gasteiger partial charge in [0.05, 0.1) is 0 Å². The summed E-state index contributed by atoms with van der Waals surface area (Å²) in [5.74, 6) is -0.412. The zero-order valence-electron chi connectivity index (χ0n) is 16.2. The van der Waals surface area contributed by atoms with Crippen LogP contribution in [0.3, 0.4) is 0 Å². The van der Waals surface area contributed by atoms with Gasteiger partial charge in [0.15, 0.2) is 5.73 Å². The summed E-state index contributed by atoms with van der Waals surface area (Å²) in [7, 11) is -3.09. The monoisotopic (exact) mass is 360 g/mol. The van der Waals surface area contributed by atoms with E-state index in [1.165, 1.54) is 19.3 Å². The van der Waals surface area contributed by atoms with Gasteiger partial charge in [0, 0.05) is 25.4 Å². The lowest BCUT2D eigenvalue weighted by Crippen LogP contribution is -2.58. The van der Waals surface area contributed by atoms with Crippen LogP contribution in [0.4, 0.5) is 0 Å². The van der Waals surface area contributed by atoms with Crippen LogP contribution in [-0.4, -0.2) is 40.3 Å². The van der Waals surface area contributed by atoms with Crippen molar-refractivity contribution in [2.45, 2.75) is 78.9 Å². The molecule has 0 bridgehead atoms. The van der Waals surface area contributed by atoms with Crippen molar-refractivity contribution >= 4 is 14.8 Å². The Morgan fingerprint density at radius 3 is 1.83 bits per heavy atom. The second kappa shape index (κ2) is 13.6. The molecule has 0 aromatic carbocycles. The molecular formula is C18H36O5Si. The van der Waals surface area contributed by atoms with Crippen LogP contribution in [0.2, 0.25) is 0 Å². The van der Waals surface area contributed by atoms with E-state index in [-0.39, 0.29) is 0 Å². The number of hydrogen-bond acceptors (Lipinski definition) is 5. The molecule has 0 saturated heterocycles. The van der Waals surface area contributed by atoms with Crippen molar-refractivity contribution in [3.05, 3.63) is 12.2 Å². The van der Waals surface area contributed by atoms with Crippen molar-refractivity contribution in [1.29, 1.82) is 0 Å². The highest BCUT2D eigenvalue weighted by molar-refractivity contribution is 6.62. The molecule has 0 aromatic heterocycles. The molecule has 0 saturated carbocycles. The molecule has 0 aliphatic heterocycles. The topological polar surface area (TPSA) is 54.0 Å². The molecule has 24 heavy (non-hydrogen) atoms. The minimum Gasteiger partial charge on any atom is -0.454 e. The first-order chi connectivity index (χ1) is 11.5. The molecule has 0 fully saturated rings. The van der Waals surface area contributed by atoms with Crippen molar-refractivity contribution in [2.24, 2.45) is 0 Å². The average molecular weight is 361 g/mol. The molecule has 1 unspecified atom stereocenters. The van der Waals surface area contributed by atoms with Gasteiger partial charge in [-0.3, -0.25) is 0 Å². The highest BCUT2D eigenvalue weighted by Gasteiger charge is 2.51. The van der Waals surface area contributed by atoms with Crippen molar-refractivity contribution in [3.8, 4) is 0 Å². The number of unbranched alkanes of at least 4 members (excludes halogenated alkanes) is 4. The first-order valence-corrected chi connectivity index (χ1v) is 11.1. The van der Waals surface area contributed by atoms with Crippen LogP contribution in [0.25, 0.3) is 0 Å². The van der Waals surface area contributed by atoms with E-state index >= 15 is 0 Å². The highest BCUT2D eigenvalue weighted by Crippen LogP contribution is 2.24. The van der Waals surface area contributed by atoms with Gasteiger partial charge in [-0.05, 0) is 40.5 Å². The first kappa shape index (κ1) is 23.3. The van der Waals surface area contributed by atoms with Crippen LogP contribution < -0.4 is 0 Å². The Balaban J connectivity index is 5.15. The molecule has 0 aromatic rings. The predicted octanol–water partition coefficient (Wildman–Crippen LogP) is 4.42. The maximum absolute atomic E-state index is 12.1. The maximum Gasteiger partial charge on any atom is 0.544 e. The summed E-state index contributed by atoms with van der Waals surface area (Å²) >= 11 is 0. The second-order valence-electron chi connectivity index (χ2n) is 5.78. The Labute approximate surface area is 149 Å². The minimum absolute atomic E-state index is 0.373. The Kier molecular flexibility index (Phi) is 13.2. The van der Waals surface area contributed by atoms with E-state index in [1.54, 1.807) is 6.92 Å². The van der Waals surface area contributed by atoms with Crippen molar-refractivity contribution in [3.63, 3.8) is 0 Å². The number of hydrogen-bond donors (Lipinski definition) is 0. The molecule has 0 spiro atoms. The molecule has 0 N–H and O–H groups in total. The third-order valence-electron chi connectivity index (χ3n) is 3.60. The fraction of sp³-hybridized carbons (Fsp3) is 0.833. The van der Waals surface area contributed by atoms with Crippen molar-refractivity contribution in [1.82, 2.24) is 0 Å². The van der Waals surface area contributed by atoms with Crippen LogP contribution in [0.5, 0.6) is 0 Å². The van der Waals surface area contributed by atoms with Gasteiger partial charge in [-0.15, -0.1) is 0 Å². The molecule has 0 radical (unpaired) electrons. The molecule has 0 aliphatic carbocycles. The van der Waals surface area contributed by atoms with Crippen LogP contribution >= 0.6 is 0 Å². The van der Waals surface area contributed by atoms with Crippen LogP contribution in [0.1, 0.15) is 73.1 Å². The molecule has 0 heterocycles. The van der Waals surface area contributed by atoms with Crippen LogP contribution in [-0.2, 0) is 22.8 Å². The first-order valence-electron chi connectivity index (χ1n) is 9.25. The summed E-state index contributed by atoms with van der Waals surface area (Å²) in [6.45, 7) is 14.6. The fourth-order valence-electron chi connectivity index (χ4n) is 2.48. The van der Waals surface area contributed by atoms with Gasteiger partial charge < -0.3 is 18.0 Å². The molecule has 142 valence electrons. The summed E-state index contributed by atoms with van der Waals surface area (Å²) in [6, 6.07) is 0. The summed E-state index contributed by atoms with van der Waals surface area (Å²) < 4.78 is 23.4. The molecule has 0 amide bonds. The number of ether oxygens (including phenoxy) is 1. The fourth-order valence-corrected chi connectivity index (χ4v) is 5.30. The standard InChI is InChI=1S/C18H36O5Si/c1-7-11-12-13-14-15-17(23-18(19)16(5)6)24(20-8-2,21-9-3)22-10-4/h17H,5,7-15H2,1-4,6H3. The van der Waals surface area contributed by atoms with Crippen molar-refractivity contribution < 1.29 is 22.8 Å². The number of esters is 1. The zero-order valence-corrected chi connectivity index (χ0v) is 17.2. The second-order valence-corrected chi connectivity index (χ2v) is 8.50. The van der Waals surface area contributed by atoms with Gasteiger partial charge >= 0.3 is 14.8 Å². The molecular weight excluding hydrogens is 324 g/mol. The molecule has 5 nitrogen and oxygen atoms in total. The summed E-state index contributed by atoms with van der Waals surface area (Å²) in [6.07, 6.45) is 6.35. The van der Waals surface area contributed by atoms with Gasteiger partial charge in [-0.2, -0.15) is 0 Å². The van der Waals surface area contributed by atoms with E-state index in [2.05, 4.69) is 13.5 Å². The molecule has 1 atom stereocenters. The van der Waals surface area contributed by atoms with Gasteiger partial charge in [0.25, 0.3) is 0 Å². The molecule has 0 rings (SSSR count). The largest absolute Gasteiger partial charge is 0.544 e. The maximum atomic E-state index is 12.1. The lowest BCUT2D eigenvalue weighted by molar-refractivity contribution is -0.144. The van der Waals surface area contributed by atoms with E-state index in [4.69, 9.17) is 18.0 Å². The zero-order chi connectivity index (χ0) is 18.4.